The van der Waals surface area contributed by atoms with E-state index < -0.39 is 17.2 Å². The SMILES string of the molecule is CCCCn1c(N)c(N(Cc2ccccc2)C(=O)/C=C/c2ccc(OC)c(OC)c2)c(=O)[nH]c1=O. The first-order valence-electron chi connectivity index (χ1n) is 11.3. The largest absolute Gasteiger partial charge is 0.493 e. The molecule has 3 aromatic rings. The van der Waals surface area contributed by atoms with E-state index in [1.165, 1.54) is 22.7 Å². The second-order valence-electron chi connectivity index (χ2n) is 7.86. The quantitative estimate of drug-likeness (QED) is 0.432. The van der Waals surface area contributed by atoms with E-state index in [-0.39, 0.29) is 18.1 Å². The molecule has 0 radical (unpaired) electrons. The first kappa shape index (κ1) is 25.4. The number of aromatic amines is 1. The maximum Gasteiger partial charge on any atom is 0.330 e. The number of H-pyrrole nitrogens is 1. The average Bonchev–Trinajstić information content (AvgIpc) is 2.86. The number of nitrogens with zero attached hydrogens (tertiary/aromatic N) is 2. The fraction of sp³-hybridized carbons (Fsp3) is 0.269. The number of rotatable bonds is 10. The van der Waals surface area contributed by atoms with Crippen LogP contribution in [0.25, 0.3) is 6.08 Å². The van der Waals surface area contributed by atoms with Gasteiger partial charge in [0, 0.05) is 12.6 Å². The summed E-state index contributed by atoms with van der Waals surface area (Å²) in [6.45, 7) is 2.41. The van der Waals surface area contributed by atoms with Crippen LogP contribution in [-0.4, -0.2) is 29.7 Å². The van der Waals surface area contributed by atoms with Crippen molar-refractivity contribution in [1.29, 1.82) is 0 Å². The lowest BCUT2D eigenvalue weighted by molar-refractivity contribution is -0.114. The Labute approximate surface area is 203 Å². The van der Waals surface area contributed by atoms with Crippen molar-refractivity contribution < 1.29 is 14.3 Å². The number of benzene rings is 2. The van der Waals surface area contributed by atoms with E-state index in [2.05, 4.69) is 4.98 Å². The Morgan fingerprint density at radius 2 is 1.80 bits per heavy atom. The molecule has 0 fully saturated rings. The third-order valence-corrected chi connectivity index (χ3v) is 5.49. The highest BCUT2D eigenvalue weighted by atomic mass is 16.5. The van der Waals surface area contributed by atoms with Crippen molar-refractivity contribution in [2.45, 2.75) is 32.9 Å². The maximum absolute atomic E-state index is 13.4. The van der Waals surface area contributed by atoms with Gasteiger partial charge in [-0.25, -0.2) is 4.79 Å². The number of hydrogen-bond donors (Lipinski definition) is 2. The van der Waals surface area contributed by atoms with Gasteiger partial charge in [0.25, 0.3) is 11.5 Å². The molecule has 0 aliphatic rings. The maximum atomic E-state index is 13.4. The van der Waals surface area contributed by atoms with Gasteiger partial charge in [0.2, 0.25) is 0 Å². The van der Waals surface area contributed by atoms with Crippen LogP contribution in [0, 0.1) is 0 Å². The van der Waals surface area contributed by atoms with Gasteiger partial charge in [0.1, 0.15) is 5.82 Å². The van der Waals surface area contributed by atoms with Crippen molar-refractivity contribution >= 4 is 23.5 Å². The summed E-state index contributed by atoms with van der Waals surface area (Å²) in [5.41, 5.74) is 6.40. The average molecular weight is 479 g/mol. The van der Waals surface area contributed by atoms with E-state index >= 15 is 0 Å². The van der Waals surface area contributed by atoms with Gasteiger partial charge in [-0.2, -0.15) is 0 Å². The third-order valence-electron chi connectivity index (χ3n) is 5.49. The zero-order valence-electron chi connectivity index (χ0n) is 20.1. The second-order valence-corrected chi connectivity index (χ2v) is 7.86. The van der Waals surface area contributed by atoms with Crippen molar-refractivity contribution in [3.8, 4) is 11.5 Å². The molecule has 1 aromatic heterocycles. The van der Waals surface area contributed by atoms with Crippen molar-refractivity contribution in [3.05, 3.63) is 86.6 Å². The van der Waals surface area contributed by atoms with Crippen LogP contribution in [0.1, 0.15) is 30.9 Å². The molecule has 9 nitrogen and oxygen atoms in total. The van der Waals surface area contributed by atoms with E-state index in [9.17, 15) is 14.4 Å². The van der Waals surface area contributed by atoms with Crippen LogP contribution in [0.15, 0.2) is 64.2 Å². The van der Waals surface area contributed by atoms with Gasteiger partial charge in [0.15, 0.2) is 17.2 Å². The lowest BCUT2D eigenvalue weighted by atomic mass is 10.1. The first-order chi connectivity index (χ1) is 16.9. The second kappa shape index (κ2) is 11.7. The number of nitrogen functional groups attached to an aromatic ring is 1. The number of nitrogens with two attached hydrogens (primary N) is 1. The van der Waals surface area contributed by atoms with Gasteiger partial charge in [-0.1, -0.05) is 49.7 Å². The molecular formula is C26H30N4O5. The number of aromatic nitrogens is 2. The summed E-state index contributed by atoms with van der Waals surface area (Å²) in [7, 11) is 3.07. The Hall–Kier alpha value is -4.27. The number of anilines is 2. The fourth-order valence-corrected chi connectivity index (χ4v) is 3.62. The molecule has 3 N–H and O–H groups in total. The van der Waals surface area contributed by atoms with Gasteiger partial charge < -0.3 is 15.2 Å². The summed E-state index contributed by atoms with van der Waals surface area (Å²) >= 11 is 0. The molecule has 0 bridgehead atoms. The number of ether oxygens (including phenoxy) is 2. The van der Waals surface area contributed by atoms with E-state index in [0.29, 0.717) is 30.0 Å². The van der Waals surface area contributed by atoms with E-state index in [0.717, 1.165) is 12.0 Å². The lowest BCUT2D eigenvalue weighted by Gasteiger charge is -2.23. The standard InChI is InChI=1S/C26H30N4O5/c1-4-5-15-29-24(27)23(25(32)28-26(29)33)30(17-19-9-7-6-8-10-19)22(31)14-12-18-11-13-20(34-2)21(16-18)35-3/h6-14,16H,4-5,15,17,27H2,1-3H3,(H,28,32,33)/b14-12+. The van der Waals surface area contributed by atoms with Gasteiger partial charge >= 0.3 is 5.69 Å². The molecule has 0 saturated carbocycles. The van der Waals surface area contributed by atoms with Crippen molar-refractivity contribution in [2.24, 2.45) is 0 Å². The number of hydrogen-bond acceptors (Lipinski definition) is 6. The first-order valence-corrected chi connectivity index (χ1v) is 11.3. The molecule has 0 atom stereocenters. The van der Waals surface area contributed by atoms with Gasteiger partial charge in [-0.15, -0.1) is 0 Å². The summed E-state index contributed by atoms with van der Waals surface area (Å²) < 4.78 is 11.9. The van der Waals surface area contributed by atoms with E-state index in [4.69, 9.17) is 15.2 Å². The summed E-state index contributed by atoms with van der Waals surface area (Å²) in [4.78, 5) is 42.2. The number of methoxy groups -OCH3 is 2. The minimum atomic E-state index is -0.718. The van der Waals surface area contributed by atoms with Gasteiger partial charge in [-0.05, 0) is 35.8 Å². The number of nitrogens with one attached hydrogen (secondary N) is 1. The van der Waals surface area contributed by atoms with Crippen LogP contribution < -0.4 is 31.4 Å². The third kappa shape index (κ3) is 6.00. The molecule has 0 spiro atoms. The van der Waals surface area contributed by atoms with Crippen LogP contribution in [0.2, 0.25) is 0 Å². The van der Waals surface area contributed by atoms with Crippen LogP contribution in [0.4, 0.5) is 11.5 Å². The fourth-order valence-electron chi connectivity index (χ4n) is 3.62. The Kier molecular flexibility index (Phi) is 8.50. The number of carbonyl (C=O) groups is 1. The van der Waals surface area contributed by atoms with Crippen LogP contribution in [-0.2, 0) is 17.9 Å². The molecule has 0 saturated heterocycles. The molecule has 2 aromatic carbocycles. The summed E-state index contributed by atoms with van der Waals surface area (Å²) in [6, 6.07) is 14.5. The molecule has 3 rings (SSSR count). The molecule has 0 aliphatic heterocycles. The predicted molar refractivity (Wildman–Crippen MR) is 137 cm³/mol. The van der Waals surface area contributed by atoms with Crippen molar-refractivity contribution in [2.75, 3.05) is 24.9 Å². The Morgan fingerprint density at radius 1 is 1.09 bits per heavy atom. The minimum Gasteiger partial charge on any atom is -0.493 e. The minimum absolute atomic E-state index is 0.0454. The number of unbranched alkanes of at least 4 members (excludes halogenated alkanes) is 1. The topological polar surface area (TPSA) is 120 Å². The predicted octanol–water partition coefficient (Wildman–Crippen LogP) is 3.18. The van der Waals surface area contributed by atoms with Crippen LogP contribution in [0.3, 0.4) is 0 Å². The van der Waals surface area contributed by atoms with Crippen molar-refractivity contribution in [3.63, 3.8) is 0 Å². The highest BCUT2D eigenvalue weighted by molar-refractivity contribution is 6.05. The van der Waals surface area contributed by atoms with Crippen LogP contribution in [0.5, 0.6) is 11.5 Å². The van der Waals surface area contributed by atoms with E-state index in [1.54, 1.807) is 31.4 Å². The Bertz CT molecular complexity index is 1310. The highest BCUT2D eigenvalue weighted by Gasteiger charge is 2.23. The molecule has 184 valence electrons. The van der Waals surface area contributed by atoms with Gasteiger partial charge in [-0.3, -0.25) is 24.0 Å². The molecule has 0 unspecified atom stereocenters. The summed E-state index contributed by atoms with van der Waals surface area (Å²) in [5, 5.41) is 0. The zero-order valence-corrected chi connectivity index (χ0v) is 20.1. The molecule has 0 aliphatic carbocycles. The molecule has 1 heterocycles. The zero-order chi connectivity index (χ0) is 25.4. The van der Waals surface area contributed by atoms with Crippen LogP contribution >= 0.6 is 0 Å². The highest BCUT2D eigenvalue weighted by Crippen LogP contribution is 2.28. The number of carbonyl (C=O) groups excluding carboxylic acids is 1. The molecular weight excluding hydrogens is 448 g/mol. The summed E-state index contributed by atoms with van der Waals surface area (Å²) in [6.07, 6.45) is 4.49. The van der Waals surface area contributed by atoms with Crippen molar-refractivity contribution in [1.82, 2.24) is 9.55 Å². The normalized spacial score (nSPS) is 10.9. The van der Waals surface area contributed by atoms with E-state index in [1.807, 2.05) is 37.3 Å². The molecule has 35 heavy (non-hydrogen) atoms. The lowest BCUT2D eigenvalue weighted by Crippen LogP contribution is -2.40. The monoisotopic (exact) mass is 478 g/mol. The Morgan fingerprint density at radius 3 is 2.46 bits per heavy atom. The number of amides is 1. The Balaban J connectivity index is 2.04. The van der Waals surface area contributed by atoms with Gasteiger partial charge in [0.05, 0.1) is 20.8 Å². The molecule has 9 heteroatoms. The smallest absolute Gasteiger partial charge is 0.330 e. The summed E-state index contributed by atoms with van der Waals surface area (Å²) in [5.74, 6) is 0.569. The molecule has 1 amide bonds.